The molecule has 0 atom stereocenters. The number of nitrogens with one attached hydrogen (secondary N) is 1. The quantitative estimate of drug-likeness (QED) is 0.449. The standard InChI is InChI=1S/C25H22F2N4O2/c26-21-13-18(14-22(27)24(21)30-9-3-4-10-30)29-25(32)17-6-5-7-20(12-17)33-16-19-15-31-11-2-1-8-23(31)28-19/h1-2,5-8,11-15H,3-4,9-10,16H2,(H,29,32). The van der Waals surface area contributed by atoms with Gasteiger partial charge in [0, 0.05) is 36.7 Å². The molecule has 0 unspecified atom stereocenters. The smallest absolute Gasteiger partial charge is 0.255 e. The molecular formula is C25H22F2N4O2. The highest BCUT2D eigenvalue weighted by molar-refractivity contribution is 6.04. The number of ether oxygens (including phenoxy) is 1. The van der Waals surface area contributed by atoms with Crippen LogP contribution in [0.15, 0.2) is 67.0 Å². The van der Waals surface area contributed by atoms with E-state index in [-0.39, 0.29) is 18.0 Å². The van der Waals surface area contributed by atoms with E-state index in [1.807, 2.05) is 35.0 Å². The van der Waals surface area contributed by atoms with Gasteiger partial charge in [-0.1, -0.05) is 12.1 Å². The molecule has 6 nitrogen and oxygen atoms in total. The molecule has 1 saturated heterocycles. The van der Waals surface area contributed by atoms with Gasteiger partial charge in [-0.3, -0.25) is 4.79 Å². The first-order chi connectivity index (χ1) is 16.1. The van der Waals surface area contributed by atoms with Gasteiger partial charge in [-0.2, -0.15) is 0 Å². The number of hydrogen-bond acceptors (Lipinski definition) is 4. The molecule has 2 aromatic carbocycles. The van der Waals surface area contributed by atoms with Gasteiger partial charge in [0.15, 0.2) is 11.6 Å². The number of pyridine rings is 1. The fraction of sp³-hybridized carbons (Fsp3) is 0.200. The summed E-state index contributed by atoms with van der Waals surface area (Å²) in [6, 6.07) is 14.6. The monoisotopic (exact) mass is 448 g/mol. The Bertz CT molecular complexity index is 1260. The second-order valence-electron chi connectivity index (χ2n) is 7.95. The second-order valence-corrected chi connectivity index (χ2v) is 7.95. The number of fused-ring (bicyclic) bond motifs is 1. The minimum Gasteiger partial charge on any atom is -0.487 e. The maximum atomic E-state index is 14.6. The van der Waals surface area contributed by atoms with Crippen molar-refractivity contribution in [3.63, 3.8) is 0 Å². The van der Waals surface area contributed by atoms with Crippen molar-refractivity contribution in [1.82, 2.24) is 9.38 Å². The summed E-state index contributed by atoms with van der Waals surface area (Å²) in [7, 11) is 0. The van der Waals surface area contributed by atoms with E-state index in [0.717, 1.165) is 36.3 Å². The van der Waals surface area contributed by atoms with Crippen LogP contribution < -0.4 is 15.0 Å². The number of carbonyl (C=O) groups is 1. The van der Waals surface area contributed by atoms with Crippen molar-refractivity contribution in [1.29, 1.82) is 0 Å². The number of aromatic nitrogens is 2. The van der Waals surface area contributed by atoms with E-state index in [9.17, 15) is 13.6 Å². The highest BCUT2D eigenvalue weighted by Crippen LogP contribution is 2.30. The molecule has 1 N–H and O–H groups in total. The van der Waals surface area contributed by atoms with E-state index in [1.165, 1.54) is 0 Å². The van der Waals surface area contributed by atoms with Gasteiger partial charge < -0.3 is 19.4 Å². The van der Waals surface area contributed by atoms with Gasteiger partial charge in [0.25, 0.3) is 5.91 Å². The molecule has 3 heterocycles. The normalized spacial score (nSPS) is 13.5. The van der Waals surface area contributed by atoms with Gasteiger partial charge in [0.05, 0.1) is 5.69 Å². The molecule has 1 amide bonds. The largest absolute Gasteiger partial charge is 0.487 e. The fourth-order valence-corrected chi connectivity index (χ4v) is 4.02. The second kappa shape index (κ2) is 8.90. The Kier molecular flexibility index (Phi) is 5.64. The lowest BCUT2D eigenvalue weighted by atomic mass is 10.2. The fourth-order valence-electron chi connectivity index (χ4n) is 4.02. The molecule has 1 fully saturated rings. The summed E-state index contributed by atoms with van der Waals surface area (Å²) in [5.74, 6) is -1.36. The molecule has 4 aromatic rings. The van der Waals surface area contributed by atoms with Crippen molar-refractivity contribution in [2.45, 2.75) is 19.4 Å². The number of carbonyl (C=O) groups excluding carboxylic acids is 1. The number of halogens is 2. The van der Waals surface area contributed by atoms with E-state index < -0.39 is 17.5 Å². The summed E-state index contributed by atoms with van der Waals surface area (Å²) in [5.41, 5.74) is 1.91. The molecule has 33 heavy (non-hydrogen) atoms. The summed E-state index contributed by atoms with van der Waals surface area (Å²) in [6.45, 7) is 1.49. The summed E-state index contributed by atoms with van der Waals surface area (Å²) in [6.07, 6.45) is 5.60. The van der Waals surface area contributed by atoms with Gasteiger partial charge in [-0.05, 0) is 55.3 Å². The van der Waals surface area contributed by atoms with Gasteiger partial charge in [-0.15, -0.1) is 0 Å². The maximum Gasteiger partial charge on any atom is 0.255 e. The van der Waals surface area contributed by atoms with Crippen molar-refractivity contribution in [3.8, 4) is 5.75 Å². The third-order valence-electron chi connectivity index (χ3n) is 5.59. The maximum absolute atomic E-state index is 14.6. The number of imidazole rings is 1. The van der Waals surface area contributed by atoms with Crippen LogP contribution in [0.3, 0.4) is 0 Å². The van der Waals surface area contributed by atoms with Gasteiger partial charge in [-0.25, -0.2) is 13.8 Å². The highest BCUT2D eigenvalue weighted by atomic mass is 19.1. The molecule has 0 aliphatic carbocycles. The Labute approximate surface area is 189 Å². The molecule has 0 spiro atoms. The van der Waals surface area contributed by atoms with Crippen LogP contribution in [0.4, 0.5) is 20.2 Å². The number of benzene rings is 2. The van der Waals surface area contributed by atoms with Crippen molar-refractivity contribution in [2.24, 2.45) is 0 Å². The Morgan fingerprint density at radius 2 is 1.82 bits per heavy atom. The Balaban J connectivity index is 1.27. The Hall–Kier alpha value is -3.94. The summed E-state index contributed by atoms with van der Waals surface area (Å²) in [5, 5.41) is 2.57. The molecule has 8 heteroatoms. The average Bonchev–Trinajstić information content (AvgIpc) is 3.47. The van der Waals surface area contributed by atoms with E-state index in [2.05, 4.69) is 10.3 Å². The summed E-state index contributed by atoms with van der Waals surface area (Å²) in [4.78, 5) is 18.9. The lowest BCUT2D eigenvalue weighted by Gasteiger charge is -2.20. The third-order valence-corrected chi connectivity index (χ3v) is 5.59. The lowest BCUT2D eigenvalue weighted by molar-refractivity contribution is 0.102. The van der Waals surface area contributed by atoms with Crippen LogP contribution in [0.5, 0.6) is 5.75 Å². The first-order valence-electron chi connectivity index (χ1n) is 10.8. The number of anilines is 2. The van der Waals surface area contributed by atoms with Crippen LogP contribution in [0.25, 0.3) is 5.65 Å². The minimum atomic E-state index is -0.684. The van der Waals surface area contributed by atoms with E-state index in [1.54, 1.807) is 29.2 Å². The Morgan fingerprint density at radius 1 is 1.03 bits per heavy atom. The first kappa shape index (κ1) is 20.9. The van der Waals surface area contributed by atoms with Crippen LogP contribution in [-0.2, 0) is 6.61 Å². The van der Waals surface area contributed by atoms with Crippen molar-refractivity contribution in [3.05, 3.63) is 89.9 Å². The zero-order valence-electron chi connectivity index (χ0n) is 17.8. The van der Waals surface area contributed by atoms with Crippen molar-refractivity contribution >= 4 is 22.9 Å². The summed E-state index contributed by atoms with van der Waals surface area (Å²) < 4.78 is 36.8. The van der Waals surface area contributed by atoms with Crippen molar-refractivity contribution in [2.75, 3.05) is 23.3 Å². The van der Waals surface area contributed by atoms with Crippen molar-refractivity contribution < 1.29 is 18.3 Å². The molecule has 2 aromatic heterocycles. The van der Waals surface area contributed by atoms with Crippen LogP contribution in [-0.4, -0.2) is 28.4 Å². The van der Waals surface area contributed by atoms with Crippen LogP contribution >= 0.6 is 0 Å². The lowest BCUT2D eigenvalue weighted by Crippen LogP contribution is -2.21. The summed E-state index contributed by atoms with van der Waals surface area (Å²) >= 11 is 0. The molecule has 0 saturated carbocycles. The Morgan fingerprint density at radius 3 is 2.58 bits per heavy atom. The molecule has 0 bridgehead atoms. The molecule has 1 aliphatic rings. The number of nitrogens with zero attached hydrogens (tertiary/aromatic N) is 3. The predicted octanol–water partition coefficient (Wildman–Crippen LogP) is 5.04. The third kappa shape index (κ3) is 4.50. The van der Waals surface area contributed by atoms with Gasteiger partial charge >= 0.3 is 0 Å². The molecule has 0 radical (unpaired) electrons. The molecular weight excluding hydrogens is 426 g/mol. The van der Waals surface area contributed by atoms with E-state index in [4.69, 9.17) is 4.74 Å². The van der Waals surface area contributed by atoms with Crippen LogP contribution in [0.2, 0.25) is 0 Å². The SMILES string of the molecule is O=C(Nc1cc(F)c(N2CCCC2)c(F)c1)c1cccc(OCc2cn3ccccc3n2)c1. The van der Waals surface area contributed by atoms with Crippen LogP contribution in [0.1, 0.15) is 28.9 Å². The molecule has 168 valence electrons. The van der Waals surface area contributed by atoms with Gasteiger partial charge in [0.1, 0.15) is 23.7 Å². The molecule has 1 aliphatic heterocycles. The zero-order chi connectivity index (χ0) is 22.8. The van der Waals surface area contributed by atoms with E-state index >= 15 is 0 Å². The minimum absolute atomic E-state index is 0.0344. The van der Waals surface area contributed by atoms with E-state index in [0.29, 0.717) is 24.4 Å². The van der Waals surface area contributed by atoms with Gasteiger partial charge in [0.2, 0.25) is 0 Å². The average molecular weight is 448 g/mol. The van der Waals surface area contributed by atoms with Crippen LogP contribution in [0, 0.1) is 11.6 Å². The number of amides is 1. The predicted molar refractivity (Wildman–Crippen MR) is 122 cm³/mol. The number of hydrogen-bond donors (Lipinski definition) is 1. The topological polar surface area (TPSA) is 58.9 Å². The molecule has 5 rings (SSSR count). The zero-order valence-corrected chi connectivity index (χ0v) is 17.8. The number of rotatable bonds is 6. The first-order valence-corrected chi connectivity index (χ1v) is 10.8. The highest BCUT2D eigenvalue weighted by Gasteiger charge is 2.21.